The van der Waals surface area contributed by atoms with E-state index in [4.69, 9.17) is 5.73 Å². The highest BCUT2D eigenvalue weighted by Gasteiger charge is 2.27. The van der Waals surface area contributed by atoms with E-state index in [0.29, 0.717) is 5.69 Å². The van der Waals surface area contributed by atoms with Crippen LogP contribution in [0.1, 0.15) is 19.5 Å². The standard InChI is InChI=1S/C8H15N3O2S2/c1-5(2)11(4)15(12,13)7-6(3)10-8(9)14-7/h5H,1-4H3,(H2,9,10). The van der Waals surface area contributed by atoms with E-state index < -0.39 is 10.0 Å². The van der Waals surface area contributed by atoms with Crippen LogP contribution in [0.4, 0.5) is 5.13 Å². The summed E-state index contributed by atoms with van der Waals surface area (Å²) in [7, 11) is -1.89. The Bertz CT molecular complexity index is 450. The number of hydrogen-bond donors (Lipinski definition) is 1. The molecular formula is C8H15N3O2S2. The number of nitrogens with zero attached hydrogens (tertiary/aromatic N) is 2. The van der Waals surface area contributed by atoms with Crippen LogP contribution < -0.4 is 5.73 Å². The maximum absolute atomic E-state index is 12.0. The first-order valence-electron chi connectivity index (χ1n) is 4.47. The lowest BCUT2D eigenvalue weighted by Crippen LogP contribution is -2.32. The minimum absolute atomic E-state index is 0.0854. The van der Waals surface area contributed by atoms with Gasteiger partial charge in [-0.25, -0.2) is 13.4 Å². The molecule has 1 rings (SSSR count). The fraction of sp³-hybridized carbons (Fsp3) is 0.625. The van der Waals surface area contributed by atoms with Gasteiger partial charge in [-0.05, 0) is 20.8 Å². The summed E-state index contributed by atoms with van der Waals surface area (Å²) in [6.07, 6.45) is 0. The molecule has 1 heterocycles. The first-order chi connectivity index (χ1) is 6.76. The molecule has 15 heavy (non-hydrogen) atoms. The monoisotopic (exact) mass is 249 g/mol. The van der Waals surface area contributed by atoms with Gasteiger partial charge in [-0.1, -0.05) is 11.3 Å². The van der Waals surface area contributed by atoms with Crippen molar-refractivity contribution < 1.29 is 8.42 Å². The topological polar surface area (TPSA) is 76.3 Å². The number of hydrogen-bond acceptors (Lipinski definition) is 5. The lowest BCUT2D eigenvalue weighted by molar-refractivity contribution is 0.411. The van der Waals surface area contributed by atoms with Crippen molar-refractivity contribution in [3.05, 3.63) is 5.69 Å². The molecular weight excluding hydrogens is 234 g/mol. The molecule has 0 atom stereocenters. The molecule has 0 spiro atoms. The lowest BCUT2D eigenvalue weighted by atomic mass is 10.4. The van der Waals surface area contributed by atoms with Gasteiger partial charge in [0.1, 0.15) is 0 Å². The Morgan fingerprint density at radius 3 is 2.33 bits per heavy atom. The van der Waals surface area contributed by atoms with E-state index >= 15 is 0 Å². The molecule has 1 aromatic heterocycles. The number of nitrogens with two attached hydrogens (primary N) is 1. The van der Waals surface area contributed by atoms with Crippen molar-refractivity contribution in [1.29, 1.82) is 0 Å². The van der Waals surface area contributed by atoms with Crippen molar-refractivity contribution in [2.75, 3.05) is 12.8 Å². The molecule has 7 heteroatoms. The van der Waals surface area contributed by atoms with E-state index in [0.717, 1.165) is 11.3 Å². The van der Waals surface area contributed by atoms with Crippen molar-refractivity contribution in [2.45, 2.75) is 31.0 Å². The van der Waals surface area contributed by atoms with Gasteiger partial charge in [-0.2, -0.15) is 4.31 Å². The molecule has 0 radical (unpaired) electrons. The third kappa shape index (κ3) is 2.30. The first-order valence-corrected chi connectivity index (χ1v) is 6.73. The Morgan fingerprint density at radius 1 is 1.47 bits per heavy atom. The van der Waals surface area contributed by atoms with Crippen LogP contribution in [0.3, 0.4) is 0 Å². The van der Waals surface area contributed by atoms with Crippen LogP contribution in [0.5, 0.6) is 0 Å². The van der Waals surface area contributed by atoms with Gasteiger partial charge in [0.15, 0.2) is 9.34 Å². The summed E-state index contributed by atoms with van der Waals surface area (Å²) in [6, 6.07) is -0.0854. The summed E-state index contributed by atoms with van der Waals surface area (Å²) in [5.41, 5.74) is 5.94. The van der Waals surface area contributed by atoms with Gasteiger partial charge in [-0.15, -0.1) is 0 Å². The van der Waals surface area contributed by atoms with Crippen molar-refractivity contribution >= 4 is 26.5 Å². The molecule has 1 aromatic rings. The number of anilines is 1. The van der Waals surface area contributed by atoms with E-state index in [1.165, 1.54) is 4.31 Å². The van der Waals surface area contributed by atoms with Crippen LogP contribution in [-0.4, -0.2) is 30.8 Å². The second-order valence-corrected chi connectivity index (χ2v) is 6.76. The maximum Gasteiger partial charge on any atom is 0.254 e. The molecule has 0 aliphatic carbocycles. The predicted molar refractivity (Wildman–Crippen MR) is 61.3 cm³/mol. The van der Waals surface area contributed by atoms with E-state index in [9.17, 15) is 8.42 Å². The second kappa shape index (κ2) is 4.07. The van der Waals surface area contributed by atoms with Crippen molar-refractivity contribution in [2.24, 2.45) is 0 Å². The largest absolute Gasteiger partial charge is 0.375 e. The molecule has 0 aliphatic rings. The van der Waals surface area contributed by atoms with Gasteiger partial charge in [0.25, 0.3) is 10.0 Å². The van der Waals surface area contributed by atoms with E-state index in [-0.39, 0.29) is 15.4 Å². The van der Waals surface area contributed by atoms with Gasteiger partial charge >= 0.3 is 0 Å². The van der Waals surface area contributed by atoms with Gasteiger partial charge in [0.05, 0.1) is 5.69 Å². The Balaban J connectivity index is 3.23. The van der Waals surface area contributed by atoms with Crippen molar-refractivity contribution in [3.63, 3.8) is 0 Å². The summed E-state index contributed by atoms with van der Waals surface area (Å²) in [4.78, 5) is 3.91. The highest BCUT2D eigenvalue weighted by Crippen LogP contribution is 2.27. The fourth-order valence-electron chi connectivity index (χ4n) is 1.05. The number of aromatic nitrogens is 1. The Kier molecular flexibility index (Phi) is 3.37. The zero-order valence-electron chi connectivity index (χ0n) is 9.18. The summed E-state index contributed by atoms with van der Waals surface area (Å²) in [6.45, 7) is 5.28. The minimum Gasteiger partial charge on any atom is -0.375 e. The predicted octanol–water partition coefficient (Wildman–Crippen LogP) is 1.06. The average molecular weight is 249 g/mol. The Hall–Kier alpha value is -0.660. The zero-order valence-corrected chi connectivity index (χ0v) is 10.8. The van der Waals surface area contributed by atoms with E-state index in [2.05, 4.69) is 4.98 Å². The van der Waals surface area contributed by atoms with Gasteiger partial charge in [0, 0.05) is 13.1 Å². The van der Waals surface area contributed by atoms with Crippen LogP contribution in [0, 0.1) is 6.92 Å². The Labute approximate surface area is 94.0 Å². The first kappa shape index (κ1) is 12.4. The third-order valence-electron chi connectivity index (χ3n) is 2.11. The van der Waals surface area contributed by atoms with Crippen LogP contribution in [0.25, 0.3) is 0 Å². The normalized spacial score (nSPS) is 12.7. The lowest BCUT2D eigenvalue weighted by Gasteiger charge is -2.19. The molecule has 0 fully saturated rings. The van der Waals surface area contributed by atoms with Gasteiger partial charge in [-0.3, -0.25) is 0 Å². The summed E-state index contributed by atoms with van der Waals surface area (Å²) < 4.78 is 25.6. The van der Waals surface area contributed by atoms with Gasteiger partial charge in [0.2, 0.25) is 0 Å². The van der Waals surface area contributed by atoms with E-state index in [1.807, 2.05) is 13.8 Å². The zero-order chi connectivity index (χ0) is 11.8. The van der Waals surface area contributed by atoms with Crippen LogP contribution >= 0.6 is 11.3 Å². The van der Waals surface area contributed by atoms with Crippen molar-refractivity contribution in [1.82, 2.24) is 9.29 Å². The fourth-order valence-corrected chi connectivity index (χ4v) is 3.88. The molecule has 0 aliphatic heterocycles. The summed E-state index contributed by atoms with van der Waals surface area (Å²) in [5.74, 6) is 0. The molecule has 0 bridgehead atoms. The Morgan fingerprint density at radius 2 is 2.00 bits per heavy atom. The van der Waals surface area contributed by atoms with Crippen LogP contribution in [0.15, 0.2) is 4.21 Å². The molecule has 2 N–H and O–H groups in total. The SMILES string of the molecule is Cc1nc(N)sc1S(=O)(=O)N(C)C(C)C. The highest BCUT2D eigenvalue weighted by molar-refractivity contribution is 7.91. The summed E-state index contributed by atoms with van der Waals surface area (Å²) >= 11 is 1.00. The molecule has 5 nitrogen and oxygen atoms in total. The molecule has 0 saturated heterocycles. The summed E-state index contributed by atoms with van der Waals surface area (Å²) in [5, 5.41) is 0.281. The highest BCUT2D eigenvalue weighted by atomic mass is 32.2. The average Bonchev–Trinajstić information content (AvgIpc) is 2.44. The quantitative estimate of drug-likeness (QED) is 0.869. The molecule has 86 valence electrons. The van der Waals surface area contributed by atoms with Crippen LogP contribution in [-0.2, 0) is 10.0 Å². The maximum atomic E-state index is 12.0. The van der Waals surface area contributed by atoms with Crippen molar-refractivity contribution in [3.8, 4) is 0 Å². The molecule has 0 unspecified atom stereocenters. The number of rotatable bonds is 3. The second-order valence-electron chi connectivity index (χ2n) is 3.54. The minimum atomic E-state index is -3.44. The van der Waals surface area contributed by atoms with Crippen LogP contribution in [0.2, 0.25) is 0 Å². The number of aryl methyl sites for hydroxylation is 1. The molecule has 0 aromatic carbocycles. The number of thiazole rings is 1. The number of sulfonamides is 1. The molecule has 0 amide bonds. The third-order valence-corrected chi connectivity index (χ3v) is 5.72. The molecule has 0 saturated carbocycles. The van der Waals surface area contributed by atoms with Gasteiger partial charge < -0.3 is 5.73 Å². The number of nitrogen functional groups attached to an aromatic ring is 1. The van der Waals surface area contributed by atoms with E-state index in [1.54, 1.807) is 14.0 Å². The smallest absolute Gasteiger partial charge is 0.254 e.